The van der Waals surface area contributed by atoms with Crippen molar-refractivity contribution < 1.29 is 14.5 Å². The van der Waals surface area contributed by atoms with Crippen molar-refractivity contribution in [1.82, 2.24) is 0 Å². The first kappa shape index (κ1) is 13.6. The molecule has 0 aromatic heterocycles. The number of benzene rings is 1. The van der Waals surface area contributed by atoms with E-state index < -0.39 is 10.9 Å². The van der Waals surface area contributed by atoms with Crippen molar-refractivity contribution in [2.45, 2.75) is 20.3 Å². The Labute approximate surface area is 104 Å². The molecule has 18 heavy (non-hydrogen) atoms. The molecule has 0 heterocycles. The molecule has 0 saturated heterocycles. The highest BCUT2D eigenvalue weighted by Gasteiger charge is 2.19. The van der Waals surface area contributed by atoms with Crippen LogP contribution in [0.5, 0.6) is 0 Å². The zero-order chi connectivity index (χ0) is 13.7. The molecule has 0 radical (unpaired) electrons. The van der Waals surface area contributed by atoms with Crippen LogP contribution in [0.25, 0.3) is 0 Å². The summed E-state index contributed by atoms with van der Waals surface area (Å²) in [5.74, 6) is -0.548. The molecule has 1 aromatic carbocycles. The molecule has 0 N–H and O–H groups in total. The lowest BCUT2D eigenvalue weighted by Gasteiger charge is -2.05. The Kier molecular flexibility index (Phi) is 4.38. The van der Waals surface area contributed by atoms with Gasteiger partial charge in [-0.2, -0.15) is 5.26 Å². The molecule has 1 rings (SSSR count). The predicted molar refractivity (Wildman–Crippen MR) is 62.9 cm³/mol. The van der Waals surface area contributed by atoms with Crippen molar-refractivity contribution in [3.8, 4) is 6.07 Å². The van der Waals surface area contributed by atoms with Gasteiger partial charge in [-0.1, -0.05) is 0 Å². The van der Waals surface area contributed by atoms with Gasteiger partial charge in [-0.3, -0.25) is 14.9 Å². The number of nitro groups is 1. The largest absolute Gasteiger partial charge is 0.466 e. The molecular formula is C12H12N2O4. The number of nitrogens with zero attached hydrogens (tertiary/aromatic N) is 2. The highest BCUT2D eigenvalue weighted by Crippen LogP contribution is 2.23. The van der Waals surface area contributed by atoms with Gasteiger partial charge >= 0.3 is 5.97 Å². The van der Waals surface area contributed by atoms with Crippen molar-refractivity contribution in [3.63, 3.8) is 0 Å². The van der Waals surface area contributed by atoms with E-state index in [2.05, 4.69) is 0 Å². The van der Waals surface area contributed by atoms with Crippen LogP contribution in [-0.2, 0) is 16.0 Å². The SMILES string of the molecule is CCOC(=O)Cc1cc(C#N)c(C)cc1[N+](=O)[O-]. The van der Waals surface area contributed by atoms with Gasteiger partial charge in [0.25, 0.3) is 5.69 Å². The van der Waals surface area contributed by atoms with E-state index in [0.717, 1.165) is 0 Å². The van der Waals surface area contributed by atoms with Gasteiger partial charge in [0.1, 0.15) is 0 Å². The van der Waals surface area contributed by atoms with E-state index in [1.165, 1.54) is 12.1 Å². The van der Waals surface area contributed by atoms with E-state index in [1.807, 2.05) is 6.07 Å². The average Bonchev–Trinajstić information content (AvgIpc) is 2.30. The molecular weight excluding hydrogens is 236 g/mol. The van der Waals surface area contributed by atoms with Gasteiger partial charge in [0.05, 0.1) is 29.6 Å². The van der Waals surface area contributed by atoms with Gasteiger partial charge < -0.3 is 4.74 Å². The van der Waals surface area contributed by atoms with Crippen molar-refractivity contribution in [2.24, 2.45) is 0 Å². The lowest BCUT2D eigenvalue weighted by atomic mass is 10.0. The maximum Gasteiger partial charge on any atom is 0.310 e. The van der Waals surface area contributed by atoms with Gasteiger partial charge in [-0.05, 0) is 25.5 Å². The van der Waals surface area contributed by atoms with Crippen molar-refractivity contribution in [1.29, 1.82) is 5.26 Å². The molecule has 1 aromatic rings. The monoisotopic (exact) mass is 248 g/mol. The van der Waals surface area contributed by atoms with Crippen molar-refractivity contribution in [3.05, 3.63) is 38.9 Å². The summed E-state index contributed by atoms with van der Waals surface area (Å²) < 4.78 is 4.74. The van der Waals surface area contributed by atoms with Crippen LogP contribution in [0.4, 0.5) is 5.69 Å². The van der Waals surface area contributed by atoms with Crippen LogP contribution in [0.15, 0.2) is 12.1 Å². The Balaban J connectivity index is 3.19. The summed E-state index contributed by atoms with van der Waals surface area (Å²) in [5.41, 5.74) is 0.858. The van der Waals surface area contributed by atoms with Crippen LogP contribution >= 0.6 is 0 Å². The first-order valence-electron chi connectivity index (χ1n) is 5.33. The lowest BCUT2D eigenvalue weighted by Crippen LogP contribution is -2.09. The normalized spacial score (nSPS) is 9.61. The molecule has 0 unspecified atom stereocenters. The third-order valence-corrected chi connectivity index (χ3v) is 2.38. The minimum atomic E-state index is -0.567. The molecule has 0 aliphatic heterocycles. The minimum absolute atomic E-state index is 0.167. The molecule has 0 fully saturated rings. The number of rotatable bonds is 4. The summed E-state index contributed by atoms with van der Waals surface area (Å²) in [4.78, 5) is 21.7. The minimum Gasteiger partial charge on any atom is -0.466 e. The van der Waals surface area contributed by atoms with Crippen LogP contribution in [0.2, 0.25) is 0 Å². The molecule has 6 heteroatoms. The fraction of sp³-hybridized carbons (Fsp3) is 0.333. The lowest BCUT2D eigenvalue weighted by molar-refractivity contribution is -0.385. The molecule has 0 amide bonds. The number of hydrogen-bond acceptors (Lipinski definition) is 5. The van der Waals surface area contributed by atoms with Crippen LogP contribution < -0.4 is 0 Å². The second kappa shape index (κ2) is 5.77. The number of carbonyl (C=O) groups is 1. The maximum atomic E-state index is 11.3. The predicted octanol–water partition coefficient (Wildman–Crippen LogP) is 1.88. The maximum absolute atomic E-state index is 11.3. The number of nitriles is 1. The second-order valence-corrected chi connectivity index (χ2v) is 3.65. The number of esters is 1. The zero-order valence-corrected chi connectivity index (χ0v) is 10.1. The topological polar surface area (TPSA) is 93.2 Å². The Hall–Kier alpha value is -2.42. The van der Waals surface area contributed by atoms with Gasteiger partial charge in [-0.15, -0.1) is 0 Å². The number of carbonyl (C=O) groups excluding carboxylic acids is 1. The van der Waals surface area contributed by atoms with Gasteiger partial charge in [0.2, 0.25) is 0 Å². The van der Waals surface area contributed by atoms with Gasteiger partial charge in [-0.25, -0.2) is 0 Å². The summed E-state index contributed by atoms with van der Waals surface area (Å²) >= 11 is 0. The fourth-order valence-electron chi connectivity index (χ4n) is 1.54. The average molecular weight is 248 g/mol. The quantitative estimate of drug-likeness (QED) is 0.460. The number of nitro benzene ring substituents is 1. The van der Waals surface area contributed by atoms with Crippen LogP contribution in [-0.4, -0.2) is 17.5 Å². The molecule has 0 aliphatic rings. The summed E-state index contributed by atoms with van der Waals surface area (Å²) in [6.45, 7) is 3.48. The van der Waals surface area contributed by atoms with E-state index in [1.54, 1.807) is 13.8 Å². The zero-order valence-electron chi connectivity index (χ0n) is 10.1. The van der Waals surface area contributed by atoms with Crippen LogP contribution in [0.3, 0.4) is 0 Å². The summed E-state index contributed by atoms with van der Waals surface area (Å²) in [7, 11) is 0. The molecule has 6 nitrogen and oxygen atoms in total. The Morgan fingerprint density at radius 1 is 1.56 bits per heavy atom. The Morgan fingerprint density at radius 2 is 2.22 bits per heavy atom. The van der Waals surface area contributed by atoms with Gasteiger partial charge in [0.15, 0.2) is 0 Å². The molecule has 0 bridgehead atoms. The molecule has 0 spiro atoms. The molecule has 0 saturated carbocycles. The smallest absolute Gasteiger partial charge is 0.310 e. The third-order valence-electron chi connectivity index (χ3n) is 2.38. The molecule has 0 atom stereocenters. The first-order chi connectivity index (χ1) is 8.49. The van der Waals surface area contributed by atoms with Crippen LogP contribution in [0, 0.1) is 28.4 Å². The third kappa shape index (κ3) is 3.04. The summed E-state index contributed by atoms with van der Waals surface area (Å²) in [6, 6.07) is 4.60. The standard InChI is InChI=1S/C12H12N2O4/c1-3-18-12(15)6-9-5-10(7-13)8(2)4-11(9)14(16)17/h4-5H,3,6H2,1-2H3. The number of ether oxygens (including phenoxy) is 1. The van der Waals surface area contributed by atoms with Gasteiger partial charge in [0, 0.05) is 11.6 Å². The van der Waals surface area contributed by atoms with Crippen molar-refractivity contribution in [2.75, 3.05) is 6.61 Å². The fourth-order valence-corrected chi connectivity index (χ4v) is 1.54. The Bertz CT molecular complexity index is 532. The number of hydrogen-bond donors (Lipinski definition) is 0. The second-order valence-electron chi connectivity index (χ2n) is 3.65. The van der Waals surface area contributed by atoms with E-state index in [0.29, 0.717) is 11.1 Å². The molecule has 0 aliphatic carbocycles. The van der Waals surface area contributed by atoms with E-state index in [-0.39, 0.29) is 24.3 Å². The summed E-state index contributed by atoms with van der Waals surface area (Å²) in [5, 5.41) is 19.8. The molecule has 94 valence electrons. The van der Waals surface area contributed by atoms with E-state index >= 15 is 0 Å². The Morgan fingerprint density at radius 3 is 2.72 bits per heavy atom. The first-order valence-corrected chi connectivity index (χ1v) is 5.33. The van der Waals surface area contributed by atoms with Crippen molar-refractivity contribution >= 4 is 11.7 Å². The highest BCUT2D eigenvalue weighted by molar-refractivity contribution is 5.74. The van der Waals surface area contributed by atoms with E-state index in [9.17, 15) is 14.9 Å². The highest BCUT2D eigenvalue weighted by atomic mass is 16.6. The van der Waals surface area contributed by atoms with Crippen LogP contribution in [0.1, 0.15) is 23.6 Å². The van der Waals surface area contributed by atoms with E-state index in [4.69, 9.17) is 10.00 Å². The number of aryl methyl sites for hydroxylation is 1. The summed E-state index contributed by atoms with van der Waals surface area (Å²) in [6.07, 6.45) is -0.209.